The molecule has 184 valence electrons. The molecule has 0 aliphatic rings. The van der Waals surface area contributed by atoms with Gasteiger partial charge in [0.25, 0.3) is 11.8 Å². The molecule has 0 fully saturated rings. The number of anilines is 2. The van der Waals surface area contributed by atoms with Crippen molar-refractivity contribution in [1.29, 1.82) is 5.26 Å². The normalized spacial score (nSPS) is 10.8. The van der Waals surface area contributed by atoms with E-state index in [1.54, 1.807) is 12.1 Å². The third kappa shape index (κ3) is 6.99. The highest BCUT2D eigenvalue weighted by Crippen LogP contribution is 2.34. The maximum Gasteiger partial charge on any atom is 0.266 e. The fourth-order valence-electron chi connectivity index (χ4n) is 3.22. The Balaban J connectivity index is 1.74. The number of benzene rings is 3. The average molecular weight is 597 g/mol. The molecule has 0 aliphatic carbocycles. The van der Waals surface area contributed by atoms with Gasteiger partial charge in [0.2, 0.25) is 0 Å². The van der Waals surface area contributed by atoms with Gasteiger partial charge in [0.15, 0.2) is 18.1 Å². The van der Waals surface area contributed by atoms with Crippen LogP contribution >= 0.6 is 22.6 Å². The van der Waals surface area contributed by atoms with Gasteiger partial charge in [-0.25, -0.2) is 0 Å². The third-order valence-electron chi connectivity index (χ3n) is 5.07. The van der Waals surface area contributed by atoms with Crippen molar-refractivity contribution in [3.63, 3.8) is 0 Å². The Bertz CT molecular complexity index is 1360. The van der Waals surface area contributed by atoms with E-state index in [9.17, 15) is 20.0 Å². The number of nitrogens with zero attached hydrogens (tertiary/aromatic N) is 1. The summed E-state index contributed by atoms with van der Waals surface area (Å²) in [5.41, 5.74) is 3.56. The maximum atomic E-state index is 12.5. The van der Waals surface area contributed by atoms with Crippen LogP contribution in [0.3, 0.4) is 0 Å². The molecule has 0 atom stereocenters. The maximum absolute atomic E-state index is 12.5. The van der Waals surface area contributed by atoms with Crippen LogP contribution in [0.25, 0.3) is 6.08 Å². The number of halogens is 1. The van der Waals surface area contributed by atoms with Crippen LogP contribution in [0.15, 0.2) is 60.2 Å². The van der Waals surface area contributed by atoms with E-state index in [1.165, 1.54) is 37.5 Å². The van der Waals surface area contributed by atoms with Gasteiger partial charge in [-0.05, 0) is 102 Å². The van der Waals surface area contributed by atoms with Crippen LogP contribution in [-0.4, -0.2) is 30.6 Å². The van der Waals surface area contributed by atoms with Gasteiger partial charge in [0.1, 0.15) is 17.4 Å². The van der Waals surface area contributed by atoms with Crippen molar-refractivity contribution in [2.45, 2.75) is 13.8 Å². The molecule has 3 N–H and O–H groups in total. The summed E-state index contributed by atoms with van der Waals surface area (Å²) in [7, 11) is 1.46. The minimum Gasteiger partial charge on any atom is -0.508 e. The molecular weight excluding hydrogens is 573 g/mol. The first-order valence-electron chi connectivity index (χ1n) is 10.8. The minimum absolute atomic E-state index is 0.0655. The lowest BCUT2D eigenvalue weighted by atomic mass is 10.1. The van der Waals surface area contributed by atoms with Crippen LogP contribution in [0.4, 0.5) is 11.4 Å². The van der Waals surface area contributed by atoms with Crippen molar-refractivity contribution in [2.75, 3.05) is 24.4 Å². The van der Waals surface area contributed by atoms with Crippen LogP contribution < -0.4 is 20.1 Å². The summed E-state index contributed by atoms with van der Waals surface area (Å²) >= 11 is 2.04. The Labute approximate surface area is 222 Å². The van der Waals surface area contributed by atoms with Crippen molar-refractivity contribution in [1.82, 2.24) is 0 Å². The highest BCUT2D eigenvalue weighted by atomic mass is 127. The van der Waals surface area contributed by atoms with Gasteiger partial charge >= 0.3 is 0 Å². The van der Waals surface area contributed by atoms with E-state index >= 15 is 0 Å². The monoisotopic (exact) mass is 597 g/mol. The van der Waals surface area contributed by atoms with Crippen LogP contribution in [-0.2, 0) is 9.59 Å². The fraction of sp³-hybridized carbons (Fsp3) is 0.148. The first kappa shape index (κ1) is 26.6. The highest BCUT2D eigenvalue weighted by molar-refractivity contribution is 14.1. The number of amides is 2. The first-order valence-corrected chi connectivity index (χ1v) is 11.9. The zero-order valence-corrected chi connectivity index (χ0v) is 22.0. The molecule has 0 saturated heterocycles. The Hall–Kier alpha value is -4.04. The number of rotatable bonds is 8. The van der Waals surface area contributed by atoms with Gasteiger partial charge in [-0.1, -0.05) is 12.1 Å². The number of ether oxygens (including phenoxy) is 2. The Morgan fingerprint density at radius 1 is 1.08 bits per heavy atom. The predicted molar refractivity (Wildman–Crippen MR) is 146 cm³/mol. The van der Waals surface area contributed by atoms with Crippen molar-refractivity contribution < 1.29 is 24.2 Å². The number of hydrogen-bond acceptors (Lipinski definition) is 6. The van der Waals surface area contributed by atoms with Crippen molar-refractivity contribution >= 4 is 51.9 Å². The standard InChI is InChI=1S/C27H24IN3O5/c1-16-4-5-17(2)23(10-16)31-25(33)15-36-26-22(28)12-18(13-24(26)35-3)11-19(14-29)27(34)30-20-6-8-21(32)9-7-20/h4-13,32H,15H2,1-3H3,(H,30,34)(H,31,33)/b19-11+. The lowest BCUT2D eigenvalue weighted by Crippen LogP contribution is -2.21. The molecule has 2 amide bonds. The number of nitrogens with one attached hydrogen (secondary N) is 2. The molecule has 3 aromatic rings. The molecule has 0 aliphatic heterocycles. The van der Waals surface area contributed by atoms with Crippen molar-refractivity contribution in [3.05, 3.63) is 80.4 Å². The number of hydrogen-bond donors (Lipinski definition) is 3. The van der Waals surface area contributed by atoms with Crippen LogP contribution in [0.2, 0.25) is 0 Å². The summed E-state index contributed by atoms with van der Waals surface area (Å²) in [5.74, 6) is -0.123. The molecule has 0 spiro atoms. The van der Waals surface area contributed by atoms with Crippen LogP contribution in [0, 0.1) is 28.7 Å². The van der Waals surface area contributed by atoms with Gasteiger partial charge in [0, 0.05) is 11.4 Å². The van der Waals surface area contributed by atoms with E-state index in [0.717, 1.165) is 16.8 Å². The number of aromatic hydroxyl groups is 1. The van der Waals surface area contributed by atoms with Gasteiger partial charge in [-0.2, -0.15) is 5.26 Å². The summed E-state index contributed by atoms with van der Waals surface area (Å²) in [6.07, 6.45) is 1.43. The topological polar surface area (TPSA) is 121 Å². The molecule has 0 unspecified atom stereocenters. The van der Waals surface area contributed by atoms with Crippen molar-refractivity contribution in [2.24, 2.45) is 0 Å². The second kappa shape index (κ2) is 12.1. The summed E-state index contributed by atoms with van der Waals surface area (Å²) in [4.78, 5) is 25.0. The number of methoxy groups -OCH3 is 1. The van der Waals surface area contributed by atoms with E-state index in [4.69, 9.17) is 9.47 Å². The molecular formula is C27H24IN3O5. The average Bonchev–Trinajstić information content (AvgIpc) is 2.85. The van der Waals surface area contributed by atoms with Gasteiger partial charge < -0.3 is 25.2 Å². The van der Waals surface area contributed by atoms with Gasteiger partial charge in [-0.15, -0.1) is 0 Å². The Morgan fingerprint density at radius 2 is 1.81 bits per heavy atom. The number of carbonyl (C=O) groups excluding carboxylic acids is 2. The van der Waals surface area contributed by atoms with E-state index < -0.39 is 5.91 Å². The van der Waals surface area contributed by atoms with Gasteiger partial charge in [-0.3, -0.25) is 9.59 Å². The van der Waals surface area contributed by atoms with E-state index in [2.05, 4.69) is 10.6 Å². The van der Waals surface area contributed by atoms with E-state index in [0.29, 0.717) is 26.3 Å². The molecule has 0 saturated carbocycles. The van der Waals surface area contributed by atoms with Gasteiger partial charge in [0.05, 0.1) is 10.7 Å². The fourth-order valence-corrected chi connectivity index (χ4v) is 4.00. The zero-order chi connectivity index (χ0) is 26.2. The summed E-state index contributed by atoms with van der Waals surface area (Å²) in [6, 6.07) is 16.9. The first-order chi connectivity index (χ1) is 17.2. The number of aryl methyl sites for hydroxylation is 2. The quantitative estimate of drug-likeness (QED) is 0.142. The summed E-state index contributed by atoms with van der Waals surface area (Å²) < 4.78 is 11.8. The molecule has 0 radical (unpaired) electrons. The second-order valence-electron chi connectivity index (χ2n) is 7.86. The molecule has 0 bridgehead atoms. The predicted octanol–water partition coefficient (Wildman–Crippen LogP) is 5.19. The third-order valence-corrected chi connectivity index (χ3v) is 5.87. The minimum atomic E-state index is -0.597. The number of nitriles is 1. The molecule has 8 nitrogen and oxygen atoms in total. The van der Waals surface area contributed by atoms with Crippen LogP contribution in [0.1, 0.15) is 16.7 Å². The molecule has 3 aromatic carbocycles. The second-order valence-corrected chi connectivity index (χ2v) is 9.02. The lowest BCUT2D eigenvalue weighted by Gasteiger charge is -2.14. The number of phenolic OH excluding ortho intramolecular Hbond substituents is 1. The zero-order valence-electron chi connectivity index (χ0n) is 19.9. The van der Waals surface area contributed by atoms with E-state index in [-0.39, 0.29) is 23.8 Å². The largest absolute Gasteiger partial charge is 0.508 e. The molecule has 0 aromatic heterocycles. The highest BCUT2D eigenvalue weighted by Gasteiger charge is 2.16. The lowest BCUT2D eigenvalue weighted by molar-refractivity contribution is -0.118. The molecule has 9 heteroatoms. The summed E-state index contributed by atoms with van der Waals surface area (Å²) in [6.45, 7) is 3.63. The molecule has 36 heavy (non-hydrogen) atoms. The van der Waals surface area contributed by atoms with E-state index in [1.807, 2.05) is 60.7 Å². The SMILES string of the molecule is COc1cc(/C=C(\C#N)C(=O)Nc2ccc(O)cc2)cc(I)c1OCC(=O)Nc1cc(C)ccc1C. The molecule has 3 rings (SSSR count). The number of phenols is 1. The van der Waals surface area contributed by atoms with Crippen LogP contribution in [0.5, 0.6) is 17.2 Å². The number of carbonyl (C=O) groups is 2. The smallest absolute Gasteiger partial charge is 0.266 e. The molecule has 0 heterocycles. The Morgan fingerprint density at radius 3 is 2.47 bits per heavy atom. The van der Waals surface area contributed by atoms with Crippen molar-refractivity contribution in [3.8, 4) is 23.3 Å². The summed E-state index contributed by atoms with van der Waals surface area (Å²) in [5, 5.41) is 24.3. The Kier molecular flexibility index (Phi) is 8.91.